The molecule has 0 spiro atoms. The predicted molar refractivity (Wildman–Crippen MR) is 142 cm³/mol. The SMILES string of the molecule is COc1cc2c(Nc3cccc4c3OCO4)c(C#N)cnc2cc1OCCCN1CCN(S(C)(=O)=O)CC1. The number of benzene rings is 2. The molecule has 0 unspecified atom stereocenters. The van der Waals surface area contributed by atoms with Gasteiger partial charge < -0.3 is 29.2 Å². The third-order valence-electron chi connectivity index (χ3n) is 6.61. The van der Waals surface area contributed by atoms with Crippen LogP contribution in [0.5, 0.6) is 23.0 Å². The molecule has 0 amide bonds. The summed E-state index contributed by atoms with van der Waals surface area (Å²) >= 11 is 0. The van der Waals surface area contributed by atoms with E-state index in [1.165, 1.54) is 16.8 Å². The number of sulfonamides is 1. The molecule has 12 heteroatoms. The first-order valence-corrected chi connectivity index (χ1v) is 14.1. The average Bonchev–Trinajstić information content (AvgIpc) is 3.40. The lowest BCUT2D eigenvalue weighted by Crippen LogP contribution is -2.48. The summed E-state index contributed by atoms with van der Waals surface area (Å²) in [7, 11) is -1.57. The zero-order valence-electron chi connectivity index (χ0n) is 21.3. The van der Waals surface area contributed by atoms with E-state index < -0.39 is 10.0 Å². The Bertz CT molecular complexity index is 1480. The smallest absolute Gasteiger partial charge is 0.231 e. The number of pyridine rings is 1. The summed E-state index contributed by atoms with van der Waals surface area (Å²) in [5.41, 5.74) is 2.28. The van der Waals surface area contributed by atoms with Crippen molar-refractivity contribution in [1.29, 1.82) is 5.26 Å². The van der Waals surface area contributed by atoms with Crippen LogP contribution in [0.2, 0.25) is 0 Å². The quantitative estimate of drug-likeness (QED) is 0.406. The lowest BCUT2D eigenvalue weighted by Gasteiger charge is -2.33. The highest BCUT2D eigenvalue weighted by Gasteiger charge is 2.23. The summed E-state index contributed by atoms with van der Waals surface area (Å²) in [5.74, 6) is 2.31. The van der Waals surface area contributed by atoms with E-state index in [0.29, 0.717) is 83.6 Å². The Morgan fingerprint density at radius 1 is 1.16 bits per heavy atom. The maximum atomic E-state index is 11.7. The van der Waals surface area contributed by atoms with Crippen molar-refractivity contribution in [1.82, 2.24) is 14.2 Å². The van der Waals surface area contributed by atoms with Gasteiger partial charge in [0.05, 0.1) is 42.4 Å². The predicted octanol–water partition coefficient (Wildman–Crippen LogP) is 2.93. The van der Waals surface area contributed by atoms with Gasteiger partial charge in [-0.25, -0.2) is 8.42 Å². The number of hydrogen-bond acceptors (Lipinski definition) is 10. The van der Waals surface area contributed by atoms with Crippen LogP contribution < -0.4 is 24.3 Å². The molecule has 2 aliphatic rings. The molecule has 3 aromatic rings. The van der Waals surface area contributed by atoms with Gasteiger partial charge in [-0.05, 0) is 24.6 Å². The number of nitrogens with zero attached hydrogens (tertiary/aromatic N) is 4. The van der Waals surface area contributed by atoms with Gasteiger partial charge in [0, 0.05) is 50.4 Å². The molecule has 38 heavy (non-hydrogen) atoms. The summed E-state index contributed by atoms with van der Waals surface area (Å²) < 4.78 is 47.7. The second kappa shape index (κ2) is 10.9. The van der Waals surface area contributed by atoms with Crippen molar-refractivity contribution < 1.29 is 27.4 Å². The van der Waals surface area contributed by atoms with Crippen LogP contribution in [0.4, 0.5) is 11.4 Å². The van der Waals surface area contributed by atoms with Crippen molar-refractivity contribution in [2.24, 2.45) is 0 Å². The Hall–Kier alpha value is -3.79. The first kappa shape index (κ1) is 25.8. The van der Waals surface area contributed by atoms with Crippen LogP contribution in [0.15, 0.2) is 36.5 Å². The Morgan fingerprint density at radius 3 is 2.71 bits per heavy atom. The van der Waals surface area contributed by atoms with E-state index in [1.54, 1.807) is 13.2 Å². The van der Waals surface area contributed by atoms with Crippen LogP contribution >= 0.6 is 0 Å². The highest BCUT2D eigenvalue weighted by Crippen LogP contribution is 2.43. The van der Waals surface area contributed by atoms with E-state index in [9.17, 15) is 13.7 Å². The third kappa shape index (κ3) is 5.40. The van der Waals surface area contributed by atoms with E-state index in [2.05, 4.69) is 21.3 Å². The zero-order valence-corrected chi connectivity index (χ0v) is 22.1. The van der Waals surface area contributed by atoms with Gasteiger partial charge in [0.25, 0.3) is 0 Å². The third-order valence-corrected chi connectivity index (χ3v) is 7.91. The second-order valence-electron chi connectivity index (χ2n) is 9.05. The van der Waals surface area contributed by atoms with Gasteiger partial charge in [-0.3, -0.25) is 4.98 Å². The topological polar surface area (TPSA) is 126 Å². The number of nitriles is 1. The normalized spacial score (nSPS) is 15.8. The maximum absolute atomic E-state index is 11.7. The van der Waals surface area contributed by atoms with Crippen LogP contribution in [0.3, 0.4) is 0 Å². The molecule has 1 saturated heterocycles. The van der Waals surface area contributed by atoms with Crippen LogP contribution in [0, 0.1) is 11.3 Å². The molecule has 2 aromatic carbocycles. The minimum Gasteiger partial charge on any atom is -0.493 e. The average molecular weight is 540 g/mol. The molecule has 1 aromatic heterocycles. The van der Waals surface area contributed by atoms with Gasteiger partial charge in [0.1, 0.15) is 6.07 Å². The summed E-state index contributed by atoms with van der Waals surface area (Å²) in [5, 5.41) is 13.8. The molecule has 3 heterocycles. The lowest BCUT2D eigenvalue weighted by atomic mass is 10.1. The highest BCUT2D eigenvalue weighted by atomic mass is 32.2. The minimum absolute atomic E-state index is 0.140. The lowest BCUT2D eigenvalue weighted by molar-refractivity contribution is 0.174. The van der Waals surface area contributed by atoms with Crippen molar-refractivity contribution in [3.05, 3.63) is 42.1 Å². The number of rotatable bonds is 9. The summed E-state index contributed by atoms with van der Waals surface area (Å²) in [6.45, 7) is 3.83. The number of anilines is 2. The Morgan fingerprint density at radius 2 is 1.97 bits per heavy atom. The molecule has 11 nitrogen and oxygen atoms in total. The highest BCUT2D eigenvalue weighted by molar-refractivity contribution is 7.88. The molecule has 0 saturated carbocycles. The van der Waals surface area contributed by atoms with Crippen molar-refractivity contribution >= 4 is 32.3 Å². The van der Waals surface area contributed by atoms with Crippen LogP contribution in [0.1, 0.15) is 12.0 Å². The van der Waals surface area contributed by atoms with Crippen molar-refractivity contribution in [3.8, 4) is 29.1 Å². The van der Waals surface area contributed by atoms with Crippen molar-refractivity contribution in [3.63, 3.8) is 0 Å². The van der Waals surface area contributed by atoms with Gasteiger partial charge in [0.2, 0.25) is 16.8 Å². The maximum Gasteiger partial charge on any atom is 0.231 e. The summed E-state index contributed by atoms with van der Waals surface area (Å²) in [6.07, 6.45) is 3.55. The van der Waals surface area contributed by atoms with Crippen molar-refractivity contribution in [2.45, 2.75) is 6.42 Å². The number of piperazine rings is 1. The molecule has 0 radical (unpaired) electrons. The fourth-order valence-corrected chi connectivity index (χ4v) is 5.44. The number of aromatic nitrogens is 1. The van der Waals surface area contributed by atoms with Crippen molar-refractivity contribution in [2.75, 3.05) is 64.8 Å². The Kier molecular flexibility index (Phi) is 7.42. The summed E-state index contributed by atoms with van der Waals surface area (Å²) in [4.78, 5) is 6.71. The summed E-state index contributed by atoms with van der Waals surface area (Å²) in [6, 6.07) is 11.4. The largest absolute Gasteiger partial charge is 0.493 e. The Balaban J connectivity index is 1.30. The number of nitrogens with one attached hydrogen (secondary N) is 1. The van der Waals surface area contributed by atoms with E-state index in [4.69, 9.17) is 18.9 Å². The molecule has 2 aliphatic heterocycles. The van der Waals surface area contributed by atoms with E-state index in [-0.39, 0.29) is 6.79 Å². The first-order valence-electron chi connectivity index (χ1n) is 12.2. The van der Waals surface area contributed by atoms with Crippen LogP contribution in [-0.2, 0) is 10.0 Å². The first-order chi connectivity index (χ1) is 18.4. The molecular formula is C26H29N5O6S. The fraction of sp³-hybridized carbons (Fsp3) is 0.385. The molecule has 1 fully saturated rings. The standard InChI is InChI=1S/C26H29N5O6S/c1-34-23-13-19-21(14-24(23)35-12-4-7-30-8-10-31(11-9-30)38(2,32)33)28-16-18(15-27)25(19)29-20-5-3-6-22-26(20)37-17-36-22/h3,5-6,13-14,16H,4,7-12,17H2,1-2H3,(H,28,29). The van der Waals surface area contributed by atoms with Gasteiger partial charge >= 0.3 is 0 Å². The molecule has 1 N–H and O–H groups in total. The van der Waals surface area contributed by atoms with Gasteiger partial charge in [0.15, 0.2) is 23.0 Å². The zero-order chi connectivity index (χ0) is 26.7. The van der Waals surface area contributed by atoms with Crippen LogP contribution in [-0.4, -0.2) is 82.1 Å². The van der Waals surface area contributed by atoms with E-state index in [1.807, 2.05) is 24.3 Å². The monoisotopic (exact) mass is 539 g/mol. The molecule has 200 valence electrons. The van der Waals surface area contributed by atoms with Gasteiger partial charge in [-0.1, -0.05) is 6.07 Å². The second-order valence-corrected chi connectivity index (χ2v) is 11.0. The molecule has 5 rings (SSSR count). The number of fused-ring (bicyclic) bond motifs is 2. The molecule has 0 atom stereocenters. The Labute approximate surface area is 221 Å². The number of para-hydroxylation sites is 1. The molecule has 0 bridgehead atoms. The number of ether oxygens (including phenoxy) is 4. The fourth-order valence-electron chi connectivity index (χ4n) is 4.61. The van der Waals surface area contributed by atoms with Crippen LogP contribution in [0.25, 0.3) is 10.9 Å². The number of methoxy groups -OCH3 is 1. The minimum atomic E-state index is -3.14. The van der Waals surface area contributed by atoms with E-state index in [0.717, 1.165) is 13.0 Å². The number of hydrogen-bond donors (Lipinski definition) is 1. The molecule has 0 aliphatic carbocycles. The molecular weight excluding hydrogens is 510 g/mol. The van der Waals surface area contributed by atoms with E-state index >= 15 is 0 Å². The van der Waals surface area contributed by atoms with Gasteiger partial charge in [-0.15, -0.1) is 0 Å². The van der Waals surface area contributed by atoms with Gasteiger partial charge in [-0.2, -0.15) is 9.57 Å².